The Kier molecular flexibility index (Phi) is 5.45. The Morgan fingerprint density at radius 3 is 3.08 bits per heavy atom. The topological polar surface area (TPSA) is 71.4 Å². The van der Waals surface area contributed by atoms with Crippen molar-refractivity contribution >= 4 is 11.7 Å². The van der Waals surface area contributed by atoms with Crippen molar-refractivity contribution in [1.29, 1.82) is 0 Å². The number of carbonyl (C=O) groups is 1. The zero-order valence-corrected chi connectivity index (χ0v) is 13.8. The molecule has 7 heteroatoms. The Balaban J connectivity index is 1.57. The maximum Gasteiger partial charge on any atom is 0.319 e. The first-order valence-electron chi connectivity index (χ1n) is 8.12. The summed E-state index contributed by atoms with van der Waals surface area (Å²) in [7, 11) is 2.07. The third-order valence-electron chi connectivity index (χ3n) is 4.00. The SMILES string of the molecule is CN1CCOC[C@@H](CNC(=O)Nc2ccccc2-n2cccn2)C1. The Bertz CT molecular complexity index is 659. The van der Waals surface area contributed by atoms with Crippen molar-refractivity contribution in [2.24, 2.45) is 5.92 Å². The molecule has 0 bridgehead atoms. The van der Waals surface area contributed by atoms with E-state index in [4.69, 9.17) is 4.74 Å². The van der Waals surface area contributed by atoms with Gasteiger partial charge in [0, 0.05) is 37.9 Å². The van der Waals surface area contributed by atoms with Crippen LogP contribution in [0, 0.1) is 5.92 Å². The number of ether oxygens (including phenoxy) is 1. The number of likely N-dealkylation sites (N-methyl/N-ethyl adjacent to an activating group) is 1. The molecule has 0 spiro atoms. The van der Waals surface area contributed by atoms with Gasteiger partial charge >= 0.3 is 6.03 Å². The molecule has 1 aliphatic rings. The van der Waals surface area contributed by atoms with Crippen LogP contribution < -0.4 is 10.6 Å². The van der Waals surface area contributed by atoms with Crippen LogP contribution in [0.4, 0.5) is 10.5 Å². The smallest absolute Gasteiger partial charge is 0.319 e. The predicted octanol–water partition coefficient (Wildman–Crippen LogP) is 1.57. The molecule has 7 nitrogen and oxygen atoms in total. The van der Waals surface area contributed by atoms with E-state index in [1.165, 1.54) is 0 Å². The van der Waals surface area contributed by atoms with E-state index >= 15 is 0 Å². The lowest BCUT2D eigenvalue weighted by atomic mass is 10.1. The van der Waals surface area contributed by atoms with Gasteiger partial charge in [-0.15, -0.1) is 0 Å². The van der Waals surface area contributed by atoms with Crippen LogP contribution in [0.25, 0.3) is 5.69 Å². The molecule has 0 saturated carbocycles. The molecule has 0 aliphatic carbocycles. The van der Waals surface area contributed by atoms with E-state index in [2.05, 4.69) is 27.7 Å². The van der Waals surface area contributed by atoms with Gasteiger partial charge < -0.3 is 20.3 Å². The predicted molar refractivity (Wildman–Crippen MR) is 92.4 cm³/mol. The normalized spacial score (nSPS) is 18.8. The summed E-state index contributed by atoms with van der Waals surface area (Å²) in [5.74, 6) is 0.296. The fraction of sp³-hybridized carbons (Fsp3) is 0.412. The van der Waals surface area contributed by atoms with Crippen LogP contribution in [0.1, 0.15) is 0 Å². The molecule has 0 radical (unpaired) electrons. The number of carbonyl (C=O) groups excluding carboxylic acids is 1. The number of rotatable bonds is 4. The molecule has 1 saturated heterocycles. The van der Waals surface area contributed by atoms with Crippen LogP contribution in [-0.4, -0.2) is 60.6 Å². The van der Waals surface area contributed by atoms with E-state index in [1.807, 2.05) is 36.5 Å². The van der Waals surface area contributed by atoms with Gasteiger partial charge in [0.15, 0.2) is 0 Å². The standard InChI is InChI=1S/C17H23N5O2/c1-21-9-10-24-13-14(12-21)11-18-17(23)20-15-5-2-3-6-16(15)22-8-4-7-19-22/h2-8,14H,9-13H2,1H3,(H2,18,20,23)/t14-/m0/s1. The minimum absolute atomic E-state index is 0.221. The lowest BCUT2D eigenvalue weighted by Crippen LogP contribution is -2.38. The molecule has 1 aromatic heterocycles. The van der Waals surface area contributed by atoms with Crippen LogP contribution >= 0.6 is 0 Å². The van der Waals surface area contributed by atoms with Crippen molar-refractivity contribution in [3.05, 3.63) is 42.7 Å². The third kappa shape index (κ3) is 4.33. The van der Waals surface area contributed by atoms with Gasteiger partial charge in [0.2, 0.25) is 0 Å². The summed E-state index contributed by atoms with van der Waals surface area (Å²) in [6.07, 6.45) is 3.55. The molecule has 1 aromatic carbocycles. The molecule has 3 rings (SSSR count). The second kappa shape index (κ2) is 7.94. The monoisotopic (exact) mass is 329 g/mol. The third-order valence-corrected chi connectivity index (χ3v) is 4.00. The van der Waals surface area contributed by atoms with E-state index in [9.17, 15) is 4.79 Å². The number of anilines is 1. The number of hydrogen-bond acceptors (Lipinski definition) is 4. The van der Waals surface area contributed by atoms with Gasteiger partial charge in [0.05, 0.1) is 24.6 Å². The molecule has 2 amide bonds. The summed E-state index contributed by atoms with van der Waals surface area (Å²) < 4.78 is 7.30. The van der Waals surface area contributed by atoms with Gasteiger partial charge in [-0.2, -0.15) is 5.10 Å². The summed E-state index contributed by atoms with van der Waals surface area (Å²) in [5.41, 5.74) is 1.54. The summed E-state index contributed by atoms with van der Waals surface area (Å²) in [6, 6.07) is 9.20. The van der Waals surface area contributed by atoms with Crippen LogP contribution in [0.2, 0.25) is 0 Å². The second-order valence-corrected chi connectivity index (χ2v) is 6.01. The Hall–Kier alpha value is -2.38. The first-order valence-corrected chi connectivity index (χ1v) is 8.12. The fourth-order valence-electron chi connectivity index (χ4n) is 2.77. The summed E-state index contributed by atoms with van der Waals surface area (Å²) in [6.45, 7) is 3.86. The van der Waals surface area contributed by atoms with Crippen molar-refractivity contribution in [3.63, 3.8) is 0 Å². The van der Waals surface area contributed by atoms with Crippen LogP contribution in [0.15, 0.2) is 42.7 Å². The largest absolute Gasteiger partial charge is 0.380 e. The van der Waals surface area contributed by atoms with Gasteiger partial charge in [-0.1, -0.05) is 12.1 Å². The number of aromatic nitrogens is 2. The van der Waals surface area contributed by atoms with Crippen LogP contribution in [0.3, 0.4) is 0 Å². The van der Waals surface area contributed by atoms with Crippen molar-refractivity contribution in [2.75, 3.05) is 45.2 Å². The maximum atomic E-state index is 12.2. The van der Waals surface area contributed by atoms with Crippen molar-refractivity contribution in [1.82, 2.24) is 20.0 Å². The summed E-state index contributed by atoms with van der Waals surface area (Å²) >= 11 is 0. The molecule has 2 heterocycles. The van der Waals surface area contributed by atoms with Gasteiger partial charge in [-0.25, -0.2) is 9.48 Å². The van der Waals surface area contributed by atoms with Crippen LogP contribution in [0.5, 0.6) is 0 Å². The first kappa shape index (κ1) is 16.5. The molecule has 24 heavy (non-hydrogen) atoms. The highest BCUT2D eigenvalue weighted by Gasteiger charge is 2.17. The Labute approximate surface area is 141 Å². The molecule has 2 N–H and O–H groups in total. The molecular formula is C17H23N5O2. The molecule has 1 aliphatic heterocycles. The molecule has 128 valence electrons. The van der Waals surface area contributed by atoms with E-state index in [0.717, 1.165) is 25.4 Å². The zero-order chi connectivity index (χ0) is 16.8. The zero-order valence-electron chi connectivity index (χ0n) is 13.8. The lowest BCUT2D eigenvalue weighted by Gasteiger charge is -2.19. The highest BCUT2D eigenvalue weighted by Crippen LogP contribution is 2.18. The number of nitrogens with zero attached hydrogens (tertiary/aromatic N) is 3. The fourth-order valence-corrected chi connectivity index (χ4v) is 2.77. The number of para-hydroxylation sites is 2. The Morgan fingerprint density at radius 2 is 2.25 bits per heavy atom. The van der Waals surface area contributed by atoms with Gasteiger partial charge in [-0.3, -0.25) is 0 Å². The van der Waals surface area contributed by atoms with E-state index in [-0.39, 0.29) is 6.03 Å². The number of hydrogen-bond donors (Lipinski definition) is 2. The quantitative estimate of drug-likeness (QED) is 0.893. The maximum absolute atomic E-state index is 12.2. The minimum atomic E-state index is -0.221. The van der Waals surface area contributed by atoms with Crippen molar-refractivity contribution < 1.29 is 9.53 Å². The number of amides is 2. The van der Waals surface area contributed by atoms with E-state index in [0.29, 0.717) is 24.8 Å². The highest BCUT2D eigenvalue weighted by molar-refractivity contribution is 5.91. The first-order chi connectivity index (χ1) is 11.7. The van der Waals surface area contributed by atoms with Crippen molar-refractivity contribution in [2.45, 2.75) is 0 Å². The van der Waals surface area contributed by atoms with E-state index in [1.54, 1.807) is 10.9 Å². The van der Waals surface area contributed by atoms with E-state index < -0.39 is 0 Å². The minimum Gasteiger partial charge on any atom is -0.380 e. The van der Waals surface area contributed by atoms with Crippen molar-refractivity contribution in [3.8, 4) is 5.69 Å². The van der Waals surface area contributed by atoms with Crippen LogP contribution in [-0.2, 0) is 4.74 Å². The molecule has 0 unspecified atom stereocenters. The average molecular weight is 329 g/mol. The van der Waals surface area contributed by atoms with Gasteiger partial charge in [-0.05, 0) is 25.2 Å². The summed E-state index contributed by atoms with van der Waals surface area (Å²) in [5, 5.41) is 10.1. The molecule has 2 aromatic rings. The van der Waals surface area contributed by atoms with Gasteiger partial charge in [0.25, 0.3) is 0 Å². The number of urea groups is 1. The molecular weight excluding hydrogens is 306 g/mol. The lowest BCUT2D eigenvalue weighted by molar-refractivity contribution is 0.122. The molecule has 1 atom stereocenters. The average Bonchev–Trinajstić information content (AvgIpc) is 3.03. The Morgan fingerprint density at radius 1 is 1.38 bits per heavy atom. The second-order valence-electron chi connectivity index (χ2n) is 6.01. The summed E-state index contributed by atoms with van der Waals surface area (Å²) in [4.78, 5) is 14.5. The molecule has 1 fully saturated rings. The van der Waals surface area contributed by atoms with Gasteiger partial charge in [0.1, 0.15) is 0 Å². The number of benzene rings is 1. The highest BCUT2D eigenvalue weighted by atomic mass is 16.5. The number of nitrogens with one attached hydrogen (secondary N) is 2.